The van der Waals surface area contributed by atoms with Crippen LogP contribution in [0.1, 0.15) is 29.8 Å². The van der Waals surface area contributed by atoms with E-state index in [4.69, 9.17) is 0 Å². The minimum atomic E-state index is -0.368. The molecule has 0 spiro atoms. The van der Waals surface area contributed by atoms with Crippen molar-refractivity contribution < 1.29 is 4.92 Å². The smallest absolute Gasteiger partial charge is 0.274 e. The standard InChI is InChI=1S/C14H17BrN4O2/c1-8-5-12(15)13(6-14(8)19(20)21)16-9(2)11-7-18(4)17-10(11)3/h5-7,9,16H,1-4H3. The maximum Gasteiger partial charge on any atom is 0.274 e. The van der Waals surface area contributed by atoms with Crippen molar-refractivity contribution in [3.8, 4) is 0 Å². The van der Waals surface area contributed by atoms with Gasteiger partial charge in [0.05, 0.1) is 22.3 Å². The molecule has 0 bridgehead atoms. The second-order valence-corrected chi connectivity index (χ2v) is 5.94. The van der Waals surface area contributed by atoms with E-state index in [9.17, 15) is 10.1 Å². The van der Waals surface area contributed by atoms with Crippen LogP contribution in [0.2, 0.25) is 0 Å². The molecule has 1 atom stereocenters. The second kappa shape index (κ2) is 5.85. The van der Waals surface area contributed by atoms with Crippen LogP contribution in [0.25, 0.3) is 0 Å². The van der Waals surface area contributed by atoms with Gasteiger partial charge in [-0.15, -0.1) is 0 Å². The number of halogens is 1. The molecule has 1 aromatic heterocycles. The molecule has 1 unspecified atom stereocenters. The Kier molecular flexibility index (Phi) is 4.32. The predicted molar refractivity (Wildman–Crippen MR) is 85.5 cm³/mol. The average Bonchev–Trinajstić information content (AvgIpc) is 2.71. The largest absolute Gasteiger partial charge is 0.377 e. The maximum absolute atomic E-state index is 11.0. The lowest BCUT2D eigenvalue weighted by atomic mass is 10.1. The average molecular weight is 353 g/mol. The second-order valence-electron chi connectivity index (χ2n) is 5.09. The quantitative estimate of drug-likeness (QED) is 0.669. The number of hydrogen-bond donors (Lipinski definition) is 1. The lowest BCUT2D eigenvalue weighted by molar-refractivity contribution is -0.385. The van der Waals surface area contributed by atoms with Crippen molar-refractivity contribution in [2.75, 3.05) is 5.32 Å². The molecule has 0 amide bonds. The van der Waals surface area contributed by atoms with Crippen molar-refractivity contribution >= 4 is 27.3 Å². The number of nitro groups is 1. The Hall–Kier alpha value is -1.89. The van der Waals surface area contributed by atoms with Gasteiger partial charge in [0.2, 0.25) is 0 Å². The first-order valence-electron chi connectivity index (χ1n) is 6.50. The molecule has 1 heterocycles. The Balaban J connectivity index is 2.33. The fraction of sp³-hybridized carbons (Fsp3) is 0.357. The molecule has 0 fully saturated rings. The first-order valence-corrected chi connectivity index (χ1v) is 7.30. The molecule has 0 aliphatic rings. The van der Waals surface area contributed by atoms with Crippen LogP contribution < -0.4 is 5.32 Å². The van der Waals surface area contributed by atoms with Crippen LogP contribution in [0.5, 0.6) is 0 Å². The van der Waals surface area contributed by atoms with E-state index in [2.05, 4.69) is 26.3 Å². The molecular formula is C14H17BrN4O2. The topological polar surface area (TPSA) is 73.0 Å². The van der Waals surface area contributed by atoms with E-state index in [0.717, 1.165) is 15.7 Å². The van der Waals surface area contributed by atoms with Crippen LogP contribution in [0.4, 0.5) is 11.4 Å². The number of aryl methyl sites for hydroxylation is 3. The minimum Gasteiger partial charge on any atom is -0.377 e. The highest BCUT2D eigenvalue weighted by molar-refractivity contribution is 9.10. The van der Waals surface area contributed by atoms with E-state index in [0.29, 0.717) is 11.3 Å². The Morgan fingerprint density at radius 3 is 2.62 bits per heavy atom. The van der Waals surface area contributed by atoms with Gasteiger partial charge in [0.15, 0.2) is 0 Å². The highest BCUT2D eigenvalue weighted by atomic mass is 79.9. The van der Waals surface area contributed by atoms with Crippen LogP contribution in [-0.2, 0) is 7.05 Å². The number of nitrogens with one attached hydrogen (secondary N) is 1. The molecule has 0 saturated heterocycles. The van der Waals surface area contributed by atoms with E-state index in [1.807, 2.05) is 27.1 Å². The van der Waals surface area contributed by atoms with Gasteiger partial charge in [0, 0.05) is 34.9 Å². The van der Waals surface area contributed by atoms with Crippen molar-refractivity contribution in [2.45, 2.75) is 26.8 Å². The third-order valence-corrected chi connectivity index (χ3v) is 4.03. The van der Waals surface area contributed by atoms with Gasteiger partial charge in [-0.1, -0.05) is 0 Å². The van der Waals surface area contributed by atoms with Crippen LogP contribution in [0.15, 0.2) is 22.8 Å². The summed E-state index contributed by atoms with van der Waals surface area (Å²) in [7, 11) is 1.87. The third kappa shape index (κ3) is 3.24. The first-order chi connectivity index (χ1) is 9.79. The van der Waals surface area contributed by atoms with Crippen molar-refractivity contribution in [2.24, 2.45) is 7.05 Å². The summed E-state index contributed by atoms with van der Waals surface area (Å²) in [6.45, 7) is 5.67. The summed E-state index contributed by atoms with van der Waals surface area (Å²) in [5, 5.41) is 18.7. The lowest BCUT2D eigenvalue weighted by Crippen LogP contribution is -2.08. The SMILES string of the molecule is Cc1cc(Br)c(NC(C)c2cn(C)nc2C)cc1[N+](=O)[O-]. The molecule has 0 saturated carbocycles. The highest BCUT2D eigenvalue weighted by Crippen LogP contribution is 2.33. The van der Waals surface area contributed by atoms with E-state index >= 15 is 0 Å². The van der Waals surface area contributed by atoms with Crippen molar-refractivity contribution in [3.05, 3.63) is 49.7 Å². The van der Waals surface area contributed by atoms with Crippen molar-refractivity contribution in [1.29, 1.82) is 0 Å². The fourth-order valence-corrected chi connectivity index (χ4v) is 2.89. The minimum absolute atomic E-state index is 0.00249. The molecule has 1 aromatic carbocycles. The van der Waals surface area contributed by atoms with Gasteiger partial charge < -0.3 is 5.32 Å². The molecule has 6 nitrogen and oxygen atoms in total. The maximum atomic E-state index is 11.0. The summed E-state index contributed by atoms with van der Waals surface area (Å²) in [6, 6.07) is 3.31. The molecular weight excluding hydrogens is 336 g/mol. The number of anilines is 1. The molecule has 0 aliphatic heterocycles. The molecule has 112 valence electrons. The van der Waals surface area contributed by atoms with Gasteiger partial charge in [-0.2, -0.15) is 5.10 Å². The number of rotatable bonds is 4. The van der Waals surface area contributed by atoms with Crippen LogP contribution in [0, 0.1) is 24.0 Å². The molecule has 21 heavy (non-hydrogen) atoms. The Bertz CT molecular complexity index is 697. The van der Waals surface area contributed by atoms with Gasteiger partial charge >= 0.3 is 0 Å². The van der Waals surface area contributed by atoms with Crippen LogP contribution in [-0.4, -0.2) is 14.7 Å². The highest BCUT2D eigenvalue weighted by Gasteiger charge is 2.17. The third-order valence-electron chi connectivity index (χ3n) is 3.37. The Morgan fingerprint density at radius 1 is 1.43 bits per heavy atom. The fourth-order valence-electron chi connectivity index (χ4n) is 2.32. The first kappa shape index (κ1) is 15.5. The Morgan fingerprint density at radius 2 is 2.10 bits per heavy atom. The van der Waals surface area contributed by atoms with Crippen molar-refractivity contribution in [3.63, 3.8) is 0 Å². The number of nitrogens with zero attached hydrogens (tertiary/aromatic N) is 3. The molecule has 1 N–H and O–H groups in total. The zero-order chi connectivity index (χ0) is 15.7. The summed E-state index contributed by atoms with van der Waals surface area (Å²) in [5.41, 5.74) is 3.43. The normalized spacial score (nSPS) is 12.2. The number of benzene rings is 1. The van der Waals surface area contributed by atoms with E-state index in [1.165, 1.54) is 0 Å². The summed E-state index contributed by atoms with van der Waals surface area (Å²) >= 11 is 3.45. The van der Waals surface area contributed by atoms with Crippen LogP contribution in [0.3, 0.4) is 0 Å². The monoisotopic (exact) mass is 352 g/mol. The van der Waals surface area contributed by atoms with Crippen LogP contribution >= 0.6 is 15.9 Å². The summed E-state index contributed by atoms with van der Waals surface area (Å²) < 4.78 is 2.56. The molecule has 2 rings (SSSR count). The summed E-state index contributed by atoms with van der Waals surface area (Å²) in [5.74, 6) is 0. The number of nitro benzene ring substituents is 1. The summed E-state index contributed by atoms with van der Waals surface area (Å²) in [6.07, 6.45) is 1.95. The van der Waals surface area contributed by atoms with Gasteiger partial charge in [0.25, 0.3) is 5.69 Å². The Labute approximate surface area is 131 Å². The van der Waals surface area contributed by atoms with Gasteiger partial charge in [-0.3, -0.25) is 14.8 Å². The molecule has 0 aliphatic carbocycles. The van der Waals surface area contributed by atoms with E-state index in [-0.39, 0.29) is 16.7 Å². The zero-order valence-corrected chi connectivity index (χ0v) is 13.9. The van der Waals surface area contributed by atoms with Gasteiger partial charge in [0.1, 0.15) is 0 Å². The number of aromatic nitrogens is 2. The number of hydrogen-bond acceptors (Lipinski definition) is 4. The molecule has 7 heteroatoms. The summed E-state index contributed by atoms with van der Waals surface area (Å²) in [4.78, 5) is 10.7. The predicted octanol–water partition coefficient (Wildman–Crippen LogP) is 3.88. The van der Waals surface area contributed by atoms with Gasteiger partial charge in [-0.25, -0.2) is 0 Å². The van der Waals surface area contributed by atoms with Crippen molar-refractivity contribution in [1.82, 2.24) is 9.78 Å². The molecule has 0 radical (unpaired) electrons. The van der Waals surface area contributed by atoms with E-state index < -0.39 is 0 Å². The lowest BCUT2D eigenvalue weighted by Gasteiger charge is -2.16. The zero-order valence-electron chi connectivity index (χ0n) is 12.3. The van der Waals surface area contributed by atoms with Gasteiger partial charge in [-0.05, 0) is 42.8 Å². The van der Waals surface area contributed by atoms with E-state index in [1.54, 1.807) is 23.7 Å². The molecule has 2 aromatic rings.